The Kier molecular flexibility index (Phi) is 36.7. The summed E-state index contributed by atoms with van der Waals surface area (Å²) in [6, 6.07) is 107. The molecular formula is C110H120O24SSi. The van der Waals surface area contributed by atoms with Crippen molar-refractivity contribution < 1.29 is 114 Å². The van der Waals surface area contributed by atoms with Gasteiger partial charge < -0.3 is 94.4 Å². The maximum Gasteiger partial charge on any atom is 0.303 e. The van der Waals surface area contributed by atoms with Gasteiger partial charge in [-0.25, -0.2) is 0 Å². The summed E-state index contributed by atoms with van der Waals surface area (Å²) in [6.45, 7) is 10.5. The lowest BCUT2D eigenvalue weighted by Gasteiger charge is -2.49. The van der Waals surface area contributed by atoms with E-state index in [1.165, 1.54) is 39.5 Å². The van der Waals surface area contributed by atoms with Crippen molar-refractivity contribution in [3.63, 3.8) is 0 Å². The van der Waals surface area contributed by atoms with Crippen LogP contribution in [0, 0.1) is 0 Å². The van der Waals surface area contributed by atoms with E-state index in [0.717, 1.165) is 59.8 Å². The van der Waals surface area contributed by atoms with Gasteiger partial charge in [0, 0.05) is 32.6 Å². The van der Waals surface area contributed by atoms with Gasteiger partial charge in [-0.3, -0.25) is 19.2 Å². The summed E-state index contributed by atoms with van der Waals surface area (Å²) in [5, 5.41) is 1.46. The Hall–Kier alpha value is -10.8. The topological polar surface area (TPSA) is 253 Å². The van der Waals surface area contributed by atoms with Gasteiger partial charge in [0.15, 0.2) is 43.3 Å². The fourth-order valence-electron chi connectivity index (χ4n) is 17.7. The molecule has 0 aromatic heterocycles. The summed E-state index contributed by atoms with van der Waals surface area (Å²) < 4.78 is 142. The van der Waals surface area contributed by atoms with Crippen LogP contribution in [0.4, 0.5) is 0 Å². The van der Waals surface area contributed by atoms with E-state index in [4.69, 9.17) is 94.4 Å². The third kappa shape index (κ3) is 27.4. The van der Waals surface area contributed by atoms with Gasteiger partial charge in [-0.05, 0) is 72.1 Å². The van der Waals surface area contributed by atoms with Crippen molar-refractivity contribution in [2.45, 2.75) is 233 Å². The van der Waals surface area contributed by atoms with Crippen molar-refractivity contribution in [3.05, 3.63) is 378 Å². The second-order valence-electron chi connectivity index (χ2n) is 35.0. The highest BCUT2D eigenvalue weighted by Crippen LogP contribution is 2.43. The van der Waals surface area contributed by atoms with Crippen LogP contribution in [0.3, 0.4) is 0 Å². The van der Waals surface area contributed by atoms with E-state index in [9.17, 15) is 19.2 Å². The SMILES string of the molecule is CC(=O)O[C@H]1[C@H](OCc2ccccc2)[C@@H](OCc2ccccc2)[C@@H](Sc2ccccc2)O[C@@H]1CO[C@H]1O[C@H](CO[C@H]2O[C@H](CO[C@H]3O[C@H](CO[Si](c4ccccc4)(c4ccccc4)C(C)(C)C)[C@@H](OC(C)=O)[C@H](OCc4ccccc4)[C@H]3OCc3ccccc3)[C@@H](OC(C)=O)[C@H](OCc3ccccc3)[C@H]2OCc2ccccc2)[C@@H](OC(C)=O)[C@H](OCc2ccccc2)[C@H]1OCc1ccccc1. The zero-order chi connectivity index (χ0) is 94.4. The number of esters is 4. The first kappa shape index (κ1) is 99.7. The van der Waals surface area contributed by atoms with Gasteiger partial charge in [0.2, 0.25) is 0 Å². The average molecular weight is 1890 g/mol. The molecule has 0 aliphatic carbocycles. The number of hydrogen-bond donors (Lipinski definition) is 0. The molecule has 11 aromatic carbocycles. The van der Waals surface area contributed by atoms with Crippen LogP contribution in [0.2, 0.25) is 5.04 Å². The van der Waals surface area contributed by atoms with E-state index >= 15 is 0 Å². The lowest BCUT2D eigenvalue weighted by Crippen LogP contribution is -2.69. The summed E-state index contributed by atoms with van der Waals surface area (Å²) in [5.41, 5.74) is 5.59. The molecular weight excluding hydrogens is 1770 g/mol. The van der Waals surface area contributed by atoms with Crippen molar-refractivity contribution in [2.75, 3.05) is 26.4 Å². The second kappa shape index (κ2) is 50.0. The minimum atomic E-state index is -3.41. The number of benzene rings is 11. The summed E-state index contributed by atoms with van der Waals surface area (Å²) in [7, 11) is -3.41. The number of rotatable bonds is 44. The smallest absolute Gasteiger partial charge is 0.303 e. The van der Waals surface area contributed by atoms with Gasteiger partial charge >= 0.3 is 23.9 Å². The van der Waals surface area contributed by atoms with Gasteiger partial charge in [-0.2, -0.15) is 0 Å². The quantitative estimate of drug-likeness (QED) is 0.0195. The summed E-state index contributed by atoms with van der Waals surface area (Å²) in [6.07, 6.45) is -23.8. The molecule has 4 aliphatic rings. The van der Waals surface area contributed by atoms with Crippen molar-refractivity contribution in [1.82, 2.24) is 0 Å². The van der Waals surface area contributed by atoms with Crippen molar-refractivity contribution >= 4 is 54.3 Å². The van der Waals surface area contributed by atoms with Crippen LogP contribution in [0.15, 0.2) is 339 Å². The molecule has 714 valence electrons. The maximum atomic E-state index is 14.3. The average Bonchev–Trinajstić information content (AvgIpc) is 0.765. The number of hydrogen-bond acceptors (Lipinski definition) is 25. The Labute approximate surface area is 801 Å². The van der Waals surface area contributed by atoms with E-state index in [1.807, 2.05) is 309 Å². The molecule has 20 atom stereocenters. The molecule has 4 heterocycles. The fourth-order valence-corrected chi connectivity index (χ4v) is 23.4. The summed E-state index contributed by atoms with van der Waals surface area (Å²) in [4.78, 5) is 57.3. The maximum absolute atomic E-state index is 14.3. The zero-order valence-electron chi connectivity index (χ0n) is 77.5. The molecule has 0 saturated carbocycles. The highest BCUT2D eigenvalue weighted by atomic mass is 32.2. The molecule has 15 rings (SSSR count). The van der Waals surface area contributed by atoms with Gasteiger partial charge in [-0.15, -0.1) is 0 Å². The monoisotopic (exact) mass is 1880 g/mol. The Morgan fingerprint density at radius 3 is 0.699 bits per heavy atom. The van der Waals surface area contributed by atoms with Crippen LogP contribution in [0.1, 0.15) is 93.0 Å². The Balaban J connectivity index is 0.823. The zero-order valence-corrected chi connectivity index (χ0v) is 79.3. The van der Waals surface area contributed by atoms with Crippen LogP contribution in [-0.2, 0) is 166 Å². The predicted molar refractivity (Wildman–Crippen MR) is 511 cm³/mol. The minimum Gasteiger partial charge on any atom is -0.457 e. The Morgan fingerprint density at radius 1 is 0.250 bits per heavy atom. The van der Waals surface area contributed by atoms with Gasteiger partial charge in [0.05, 0.1) is 79.3 Å². The molecule has 11 aromatic rings. The highest BCUT2D eigenvalue weighted by Gasteiger charge is 2.59. The molecule has 26 heteroatoms. The fraction of sp³-hybridized carbons (Fsp3) is 0.364. The third-order valence-corrected chi connectivity index (χ3v) is 30.2. The van der Waals surface area contributed by atoms with Crippen LogP contribution in [-0.4, -0.2) is 181 Å². The lowest BCUT2D eigenvalue weighted by atomic mass is 9.96. The van der Waals surface area contributed by atoms with Crippen LogP contribution in [0.25, 0.3) is 0 Å². The van der Waals surface area contributed by atoms with E-state index in [0.29, 0.717) is 0 Å². The molecule has 4 saturated heterocycles. The van der Waals surface area contributed by atoms with E-state index in [-0.39, 0.29) is 66.1 Å². The second-order valence-corrected chi connectivity index (χ2v) is 40.4. The normalized spacial score (nSPS) is 25.2. The van der Waals surface area contributed by atoms with E-state index in [1.54, 1.807) is 0 Å². The van der Waals surface area contributed by atoms with Gasteiger partial charge in [0.25, 0.3) is 8.32 Å². The van der Waals surface area contributed by atoms with E-state index in [2.05, 4.69) is 45.0 Å². The Morgan fingerprint density at radius 2 is 0.456 bits per heavy atom. The molecule has 0 radical (unpaired) electrons. The van der Waals surface area contributed by atoms with Crippen LogP contribution >= 0.6 is 11.8 Å². The first-order valence-corrected chi connectivity index (χ1v) is 49.0. The number of carbonyl (C=O) groups is 4. The van der Waals surface area contributed by atoms with Crippen LogP contribution < -0.4 is 10.4 Å². The molecule has 0 N–H and O–H groups in total. The minimum absolute atomic E-state index is 0.00674. The van der Waals surface area contributed by atoms with Crippen molar-refractivity contribution in [3.8, 4) is 0 Å². The third-order valence-electron chi connectivity index (χ3n) is 24.0. The number of ether oxygens (including phenoxy) is 19. The summed E-state index contributed by atoms with van der Waals surface area (Å²) >= 11 is 1.42. The molecule has 0 bridgehead atoms. The molecule has 0 spiro atoms. The molecule has 24 nitrogen and oxygen atoms in total. The van der Waals surface area contributed by atoms with Gasteiger partial charge in [0.1, 0.15) is 78.7 Å². The summed E-state index contributed by atoms with van der Waals surface area (Å²) in [5.74, 6) is -2.64. The molecule has 4 fully saturated rings. The molecule has 136 heavy (non-hydrogen) atoms. The molecule has 0 unspecified atom stereocenters. The largest absolute Gasteiger partial charge is 0.457 e. The number of carbonyl (C=O) groups excluding carboxylic acids is 4. The predicted octanol–water partition coefficient (Wildman–Crippen LogP) is 16.7. The molecule has 0 amide bonds. The van der Waals surface area contributed by atoms with Crippen molar-refractivity contribution in [1.29, 1.82) is 0 Å². The highest BCUT2D eigenvalue weighted by molar-refractivity contribution is 7.99. The van der Waals surface area contributed by atoms with Gasteiger partial charge in [-0.1, -0.05) is 354 Å². The van der Waals surface area contributed by atoms with Crippen LogP contribution in [0.5, 0.6) is 0 Å². The first-order valence-electron chi connectivity index (χ1n) is 46.2. The van der Waals surface area contributed by atoms with Crippen molar-refractivity contribution in [2.24, 2.45) is 0 Å². The first-order chi connectivity index (χ1) is 66.4. The van der Waals surface area contributed by atoms with E-state index < -0.39 is 172 Å². The Bertz CT molecular complexity index is 5350. The lowest BCUT2D eigenvalue weighted by molar-refractivity contribution is -0.358. The standard InChI is InChI=1S/C110H120O24SSi/c1-75(111)127-94-90(132-107(103(120-68-84-51-29-13-30-52-84)99(94)116-64-80-43-21-9-22-44-80)125-73-92-96(129-77(3)113)101(118-66-82-47-25-11-26-48-82)105(122-70-86-55-33-15-34-56-86)109(134-92)135-87-57-35-16-36-58-87)71-123-106-102(119-67-83-49-27-12-28-50-83)98(115-63-79-41-19-8-20-42-79)95(128-76(2)112)91(131-106)72-124-108-104(121-69-85-53-31-14-32-54-85)100(117-65-81-45-23-10-24-46-81)97(130-78(4)114)93(133-108)74-126-136(110(5,6)7,88-59-37-17-38-60-88)89-61-39-18-40-62-89/h8-62,90-109H,63-74H2,1-7H3/t90-,91-,92-,93-,94-,95-,96-,97-,98+,99+,100+,101+,102-,103-,104-,105-,106+,107+,108+,109-/m1/s1. The number of thioether (sulfide) groups is 1. The molecule has 4 aliphatic heterocycles.